The summed E-state index contributed by atoms with van der Waals surface area (Å²) in [5, 5.41) is 0.612. The second-order valence-electron chi connectivity index (χ2n) is 9.10. The van der Waals surface area contributed by atoms with Crippen molar-refractivity contribution in [3.8, 4) is 5.75 Å². The highest BCUT2D eigenvalue weighted by molar-refractivity contribution is 7.89. The number of aromatic nitrogens is 1. The Bertz CT molecular complexity index is 1270. The fourth-order valence-electron chi connectivity index (χ4n) is 4.02. The van der Waals surface area contributed by atoms with Crippen molar-refractivity contribution in [2.24, 2.45) is 0 Å². The first-order chi connectivity index (χ1) is 17.7. The van der Waals surface area contributed by atoms with E-state index in [0.29, 0.717) is 36.9 Å². The van der Waals surface area contributed by atoms with Crippen LogP contribution >= 0.6 is 23.7 Å². The van der Waals surface area contributed by atoms with Crippen LogP contribution in [0.4, 0.5) is 5.13 Å². The molecule has 0 bridgehead atoms. The molecule has 0 spiro atoms. The Morgan fingerprint density at radius 3 is 2.18 bits per heavy atom. The second kappa shape index (κ2) is 14.8. The summed E-state index contributed by atoms with van der Waals surface area (Å²) in [5.41, 5.74) is 1.23. The third kappa shape index (κ3) is 7.89. The summed E-state index contributed by atoms with van der Waals surface area (Å²) in [6, 6.07) is 12.0. The Morgan fingerprint density at radius 1 is 0.947 bits per heavy atom. The summed E-state index contributed by atoms with van der Waals surface area (Å²) in [7, 11) is 0.388. The number of benzene rings is 2. The Labute approximate surface area is 237 Å². The molecule has 11 heteroatoms. The molecule has 8 nitrogen and oxygen atoms in total. The normalized spacial score (nSPS) is 11.7. The molecule has 0 aliphatic carbocycles. The van der Waals surface area contributed by atoms with Crippen LogP contribution in [0.15, 0.2) is 47.4 Å². The summed E-state index contributed by atoms with van der Waals surface area (Å²) in [5.74, 6) is 0.568. The van der Waals surface area contributed by atoms with E-state index in [1.54, 1.807) is 17.0 Å². The molecule has 0 fully saturated rings. The molecule has 210 valence electrons. The quantitative estimate of drug-likeness (QED) is 0.249. The van der Waals surface area contributed by atoms with E-state index in [1.165, 1.54) is 27.8 Å². The van der Waals surface area contributed by atoms with Crippen molar-refractivity contribution >= 4 is 55.0 Å². The highest BCUT2D eigenvalue weighted by Gasteiger charge is 2.25. The van der Waals surface area contributed by atoms with Crippen LogP contribution in [-0.2, 0) is 10.0 Å². The number of carbonyl (C=O) groups excluding carboxylic acids is 1. The van der Waals surface area contributed by atoms with Crippen molar-refractivity contribution in [1.29, 1.82) is 0 Å². The van der Waals surface area contributed by atoms with Gasteiger partial charge in [-0.1, -0.05) is 25.2 Å². The summed E-state index contributed by atoms with van der Waals surface area (Å²) < 4.78 is 34.3. The van der Waals surface area contributed by atoms with E-state index in [9.17, 15) is 13.2 Å². The SMILES string of the molecule is CCCN(CCC)S(=O)(=O)c1ccc(C(=O)N(CCCN(C)C)c2nc3ccc(OCC)cc3s2)cc1.Cl. The van der Waals surface area contributed by atoms with Crippen molar-refractivity contribution in [3.05, 3.63) is 48.0 Å². The van der Waals surface area contributed by atoms with Crippen LogP contribution in [0.1, 0.15) is 50.4 Å². The second-order valence-corrected chi connectivity index (χ2v) is 12.0. The molecule has 3 rings (SSSR count). The monoisotopic (exact) mass is 582 g/mol. The maximum Gasteiger partial charge on any atom is 0.260 e. The van der Waals surface area contributed by atoms with Crippen LogP contribution in [0.3, 0.4) is 0 Å². The molecule has 0 radical (unpaired) electrons. The Kier molecular flexibility index (Phi) is 12.4. The number of ether oxygens (including phenoxy) is 1. The smallest absolute Gasteiger partial charge is 0.260 e. The zero-order valence-electron chi connectivity index (χ0n) is 22.8. The number of anilines is 1. The number of hydrogen-bond acceptors (Lipinski definition) is 7. The Hall–Kier alpha value is -2.24. The van der Waals surface area contributed by atoms with Crippen molar-refractivity contribution in [3.63, 3.8) is 0 Å². The molecule has 0 saturated carbocycles. The first kappa shape index (κ1) is 32.0. The first-order valence-corrected chi connectivity index (χ1v) is 15.1. The molecular formula is C27H39ClN4O4S2. The first-order valence-electron chi connectivity index (χ1n) is 12.8. The van der Waals surface area contributed by atoms with E-state index in [4.69, 9.17) is 9.72 Å². The molecule has 1 amide bonds. The molecule has 0 atom stereocenters. The summed E-state index contributed by atoms with van der Waals surface area (Å²) >= 11 is 1.45. The summed E-state index contributed by atoms with van der Waals surface area (Å²) in [4.78, 5) is 22.4. The molecule has 0 N–H and O–H groups in total. The lowest BCUT2D eigenvalue weighted by Crippen LogP contribution is -2.34. The fraction of sp³-hybridized carbons (Fsp3) is 0.481. The van der Waals surface area contributed by atoms with E-state index >= 15 is 0 Å². The third-order valence-electron chi connectivity index (χ3n) is 5.81. The van der Waals surface area contributed by atoms with Crippen LogP contribution in [0.5, 0.6) is 5.75 Å². The van der Waals surface area contributed by atoms with Gasteiger partial charge in [-0.2, -0.15) is 4.31 Å². The number of halogens is 1. The topological polar surface area (TPSA) is 83.1 Å². The highest BCUT2D eigenvalue weighted by atomic mass is 35.5. The van der Waals surface area contributed by atoms with Gasteiger partial charge in [-0.15, -0.1) is 12.4 Å². The zero-order chi connectivity index (χ0) is 27.0. The average Bonchev–Trinajstić information content (AvgIpc) is 3.29. The van der Waals surface area contributed by atoms with Crippen molar-refractivity contribution in [2.45, 2.75) is 44.9 Å². The van der Waals surface area contributed by atoms with Gasteiger partial charge >= 0.3 is 0 Å². The zero-order valence-corrected chi connectivity index (χ0v) is 25.3. The van der Waals surface area contributed by atoms with Gasteiger partial charge < -0.3 is 9.64 Å². The van der Waals surface area contributed by atoms with Gasteiger partial charge in [-0.25, -0.2) is 13.4 Å². The minimum absolute atomic E-state index is 0. The van der Waals surface area contributed by atoms with Crippen LogP contribution < -0.4 is 9.64 Å². The lowest BCUT2D eigenvalue weighted by Gasteiger charge is -2.22. The van der Waals surface area contributed by atoms with E-state index in [1.807, 2.05) is 53.1 Å². The van der Waals surface area contributed by atoms with E-state index in [0.717, 1.165) is 41.8 Å². The molecule has 2 aromatic carbocycles. The van der Waals surface area contributed by atoms with E-state index < -0.39 is 10.0 Å². The molecule has 0 aliphatic rings. The molecule has 1 heterocycles. The van der Waals surface area contributed by atoms with Gasteiger partial charge in [0.05, 0.1) is 21.7 Å². The number of carbonyl (C=O) groups is 1. The number of fused-ring (bicyclic) bond motifs is 1. The Morgan fingerprint density at radius 2 is 1.61 bits per heavy atom. The lowest BCUT2D eigenvalue weighted by atomic mass is 10.2. The van der Waals surface area contributed by atoms with Crippen LogP contribution in [0, 0.1) is 0 Å². The molecule has 0 unspecified atom stereocenters. The largest absolute Gasteiger partial charge is 0.494 e. The maximum absolute atomic E-state index is 13.7. The summed E-state index contributed by atoms with van der Waals surface area (Å²) in [6.45, 7) is 8.70. The number of hydrogen-bond donors (Lipinski definition) is 0. The van der Waals surface area contributed by atoms with Gasteiger partial charge in [0.1, 0.15) is 5.75 Å². The fourth-order valence-corrected chi connectivity index (χ4v) is 6.66. The van der Waals surface area contributed by atoms with E-state index in [-0.39, 0.29) is 23.2 Å². The summed E-state index contributed by atoms with van der Waals surface area (Å²) in [6.07, 6.45) is 2.26. The molecule has 0 aliphatic heterocycles. The van der Waals surface area contributed by atoms with Gasteiger partial charge in [0.25, 0.3) is 5.91 Å². The minimum Gasteiger partial charge on any atom is -0.494 e. The lowest BCUT2D eigenvalue weighted by molar-refractivity contribution is 0.0986. The van der Waals surface area contributed by atoms with Gasteiger partial charge in [0, 0.05) is 25.2 Å². The minimum atomic E-state index is -3.61. The Balaban J connectivity index is 0.00000507. The number of amides is 1. The molecular weight excluding hydrogens is 544 g/mol. The van der Waals surface area contributed by atoms with Crippen molar-refractivity contribution < 1.29 is 17.9 Å². The number of sulfonamides is 1. The third-order valence-corrected chi connectivity index (χ3v) is 8.76. The van der Waals surface area contributed by atoms with Crippen molar-refractivity contribution in [2.75, 3.05) is 51.8 Å². The van der Waals surface area contributed by atoms with E-state index in [2.05, 4.69) is 4.90 Å². The van der Waals surface area contributed by atoms with Crippen LogP contribution in [-0.4, -0.2) is 75.4 Å². The average molecular weight is 583 g/mol. The number of nitrogens with zero attached hydrogens (tertiary/aromatic N) is 4. The van der Waals surface area contributed by atoms with Crippen LogP contribution in [0.25, 0.3) is 10.2 Å². The molecule has 1 aromatic heterocycles. The number of rotatable bonds is 14. The molecule has 0 saturated heterocycles. The molecule has 3 aromatic rings. The maximum atomic E-state index is 13.7. The van der Waals surface area contributed by atoms with Gasteiger partial charge in [0.2, 0.25) is 10.0 Å². The molecule has 38 heavy (non-hydrogen) atoms. The highest BCUT2D eigenvalue weighted by Crippen LogP contribution is 2.32. The van der Waals surface area contributed by atoms with Crippen LogP contribution in [0.2, 0.25) is 0 Å². The van der Waals surface area contributed by atoms with Gasteiger partial charge in [-0.3, -0.25) is 9.69 Å². The van der Waals surface area contributed by atoms with Gasteiger partial charge in [0.15, 0.2) is 5.13 Å². The van der Waals surface area contributed by atoms with Crippen molar-refractivity contribution in [1.82, 2.24) is 14.2 Å². The predicted octanol–water partition coefficient (Wildman–Crippen LogP) is 5.53. The predicted molar refractivity (Wildman–Crippen MR) is 159 cm³/mol. The standard InChI is InChI=1S/C27H38N4O4S2.ClH/c1-6-16-30(17-7-2)37(33,34)23-13-10-21(11-14-23)26(32)31(19-9-18-29(4)5)27-28-24-15-12-22(35-8-3)20-25(24)36-27;/h10-15,20H,6-9,16-19H2,1-5H3;1H. The number of thiazole rings is 1. The van der Waals surface area contributed by atoms with Gasteiger partial charge in [-0.05, 0) is 89.3 Å².